The van der Waals surface area contributed by atoms with Gasteiger partial charge in [0.2, 0.25) is 0 Å². The first kappa shape index (κ1) is 7.03. The number of fused-ring (bicyclic) bond motifs is 1. The van der Waals surface area contributed by atoms with Gasteiger partial charge in [-0.05, 0) is 12.1 Å². The molecule has 60 valence electrons. The Morgan fingerprint density at radius 3 is 2.83 bits per heavy atom. The van der Waals surface area contributed by atoms with Crippen LogP contribution in [-0.4, -0.2) is 4.98 Å². The van der Waals surface area contributed by atoms with Gasteiger partial charge >= 0.3 is 0 Å². The van der Waals surface area contributed by atoms with E-state index in [0.717, 1.165) is 0 Å². The van der Waals surface area contributed by atoms with Crippen LogP contribution in [0.4, 0.5) is 10.1 Å². The molecule has 0 radical (unpaired) electrons. The highest BCUT2D eigenvalue weighted by atomic mass is 19.1. The Labute approximate surface area is 68.8 Å². The molecule has 0 saturated carbocycles. The molecule has 1 heterocycles. The molecule has 0 aliphatic heterocycles. The number of rotatable bonds is 0. The number of nitrogens with zero attached hydrogens (tertiary/aromatic N) is 1. The van der Waals surface area contributed by atoms with Crippen molar-refractivity contribution < 1.29 is 4.39 Å². The summed E-state index contributed by atoms with van der Waals surface area (Å²) >= 11 is 0. The lowest BCUT2D eigenvalue weighted by molar-refractivity contribution is 0.643. The second-order valence-corrected chi connectivity index (χ2v) is 2.54. The summed E-state index contributed by atoms with van der Waals surface area (Å²) in [5.74, 6) is -0.388. The Hall–Kier alpha value is -1.64. The normalized spacial score (nSPS) is 10.4. The fraction of sp³-hybridized carbons (Fsp3) is 0. The van der Waals surface area contributed by atoms with Crippen LogP contribution in [0.3, 0.4) is 0 Å². The third-order valence-corrected chi connectivity index (χ3v) is 1.74. The molecule has 0 aliphatic carbocycles. The second kappa shape index (κ2) is 2.44. The molecule has 2 aromatic rings. The zero-order valence-corrected chi connectivity index (χ0v) is 6.29. The lowest BCUT2D eigenvalue weighted by Crippen LogP contribution is -1.93. The molecular weight excluding hydrogens is 155 g/mol. The van der Waals surface area contributed by atoms with Gasteiger partial charge in [0.1, 0.15) is 0 Å². The predicted molar refractivity (Wildman–Crippen MR) is 46.1 cm³/mol. The van der Waals surface area contributed by atoms with Gasteiger partial charge in [0.15, 0.2) is 5.82 Å². The number of halogens is 1. The standard InChI is InChI=1S/C9H7FN2/c10-9-6-3-1-2-4-8(6)12-5-7(9)11/h1-5H,11H2. The molecule has 1 aromatic carbocycles. The van der Waals surface area contributed by atoms with Gasteiger partial charge in [0, 0.05) is 5.39 Å². The van der Waals surface area contributed by atoms with E-state index in [1.165, 1.54) is 6.20 Å². The molecule has 0 atom stereocenters. The highest BCUT2D eigenvalue weighted by molar-refractivity contribution is 5.81. The van der Waals surface area contributed by atoms with Crippen LogP contribution in [0.5, 0.6) is 0 Å². The first-order valence-electron chi connectivity index (χ1n) is 3.58. The Bertz CT molecular complexity index is 426. The first-order valence-corrected chi connectivity index (χ1v) is 3.58. The number of aromatic nitrogens is 1. The van der Waals surface area contributed by atoms with Crippen molar-refractivity contribution in [2.24, 2.45) is 0 Å². The van der Waals surface area contributed by atoms with Crippen molar-refractivity contribution in [3.8, 4) is 0 Å². The molecule has 0 spiro atoms. The van der Waals surface area contributed by atoms with E-state index in [9.17, 15) is 4.39 Å². The number of nitrogens with two attached hydrogens (primary N) is 1. The Morgan fingerprint density at radius 1 is 1.25 bits per heavy atom. The SMILES string of the molecule is Nc1cnc2ccccc2c1F. The van der Waals surface area contributed by atoms with Crippen LogP contribution in [0.15, 0.2) is 30.5 Å². The number of benzene rings is 1. The summed E-state index contributed by atoms with van der Waals surface area (Å²) in [6.07, 6.45) is 1.33. The van der Waals surface area contributed by atoms with E-state index in [0.29, 0.717) is 10.9 Å². The van der Waals surface area contributed by atoms with Crippen molar-refractivity contribution in [2.45, 2.75) is 0 Å². The number of para-hydroxylation sites is 1. The average Bonchev–Trinajstić information content (AvgIpc) is 2.12. The van der Waals surface area contributed by atoms with Gasteiger partial charge in [0.05, 0.1) is 17.4 Å². The summed E-state index contributed by atoms with van der Waals surface area (Å²) in [6, 6.07) is 6.98. The summed E-state index contributed by atoms with van der Waals surface area (Å²) in [6.45, 7) is 0. The summed E-state index contributed by atoms with van der Waals surface area (Å²) in [5, 5.41) is 0.470. The molecule has 0 amide bonds. The van der Waals surface area contributed by atoms with Gasteiger partial charge in [-0.3, -0.25) is 4.98 Å². The highest BCUT2D eigenvalue weighted by Gasteiger charge is 2.03. The second-order valence-electron chi connectivity index (χ2n) is 2.54. The van der Waals surface area contributed by atoms with Crippen molar-refractivity contribution in [2.75, 3.05) is 5.73 Å². The van der Waals surface area contributed by atoms with E-state index in [1.807, 2.05) is 6.07 Å². The minimum Gasteiger partial charge on any atom is -0.395 e. The molecule has 0 unspecified atom stereocenters. The molecule has 12 heavy (non-hydrogen) atoms. The van der Waals surface area contributed by atoms with Crippen LogP contribution in [-0.2, 0) is 0 Å². The maximum atomic E-state index is 13.2. The van der Waals surface area contributed by atoms with E-state index in [-0.39, 0.29) is 11.5 Å². The fourth-order valence-corrected chi connectivity index (χ4v) is 1.12. The van der Waals surface area contributed by atoms with Crippen LogP contribution in [0.1, 0.15) is 0 Å². The average molecular weight is 162 g/mol. The maximum Gasteiger partial charge on any atom is 0.157 e. The Morgan fingerprint density at radius 2 is 2.00 bits per heavy atom. The van der Waals surface area contributed by atoms with Gasteiger partial charge in [-0.25, -0.2) is 4.39 Å². The predicted octanol–water partition coefficient (Wildman–Crippen LogP) is 1.96. The zero-order chi connectivity index (χ0) is 8.55. The van der Waals surface area contributed by atoms with Gasteiger partial charge in [-0.1, -0.05) is 12.1 Å². The number of anilines is 1. The largest absolute Gasteiger partial charge is 0.395 e. The molecule has 0 saturated heterocycles. The smallest absolute Gasteiger partial charge is 0.157 e. The number of pyridine rings is 1. The lowest BCUT2D eigenvalue weighted by atomic mass is 10.2. The zero-order valence-electron chi connectivity index (χ0n) is 6.29. The van der Waals surface area contributed by atoms with Crippen molar-refractivity contribution in [3.63, 3.8) is 0 Å². The summed E-state index contributed by atoms with van der Waals surface area (Å²) in [5.41, 5.74) is 6.07. The van der Waals surface area contributed by atoms with E-state index in [4.69, 9.17) is 5.73 Å². The van der Waals surface area contributed by atoms with Crippen LogP contribution in [0.2, 0.25) is 0 Å². The van der Waals surface area contributed by atoms with E-state index >= 15 is 0 Å². The minimum atomic E-state index is -0.388. The van der Waals surface area contributed by atoms with Gasteiger partial charge in [0.25, 0.3) is 0 Å². The van der Waals surface area contributed by atoms with Crippen molar-refractivity contribution in [1.29, 1.82) is 0 Å². The molecule has 0 fully saturated rings. The highest BCUT2D eigenvalue weighted by Crippen LogP contribution is 2.19. The monoisotopic (exact) mass is 162 g/mol. The summed E-state index contributed by atoms with van der Waals surface area (Å²) < 4.78 is 13.2. The topological polar surface area (TPSA) is 38.9 Å². The molecule has 0 bridgehead atoms. The van der Waals surface area contributed by atoms with Crippen LogP contribution in [0.25, 0.3) is 10.9 Å². The van der Waals surface area contributed by atoms with E-state index in [1.54, 1.807) is 18.2 Å². The summed E-state index contributed by atoms with van der Waals surface area (Å²) in [4.78, 5) is 3.98. The van der Waals surface area contributed by atoms with Gasteiger partial charge < -0.3 is 5.73 Å². The van der Waals surface area contributed by atoms with Crippen molar-refractivity contribution >= 4 is 16.6 Å². The third-order valence-electron chi connectivity index (χ3n) is 1.74. The van der Waals surface area contributed by atoms with E-state index < -0.39 is 0 Å². The number of hydrogen-bond donors (Lipinski definition) is 1. The molecule has 3 heteroatoms. The number of hydrogen-bond acceptors (Lipinski definition) is 2. The molecular formula is C9H7FN2. The minimum absolute atomic E-state index is 0.0914. The molecule has 1 aromatic heterocycles. The van der Waals surface area contributed by atoms with Crippen LogP contribution < -0.4 is 5.73 Å². The Kier molecular flexibility index (Phi) is 1.43. The molecule has 2 rings (SSSR count). The molecule has 2 N–H and O–H groups in total. The lowest BCUT2D eigenvalue weighted by Gasteiger charge is -1.99. The molecule has 0 aliphatic rings. The Balaban J connectivity index is 2.91. The van der Waals surface area contributed by atoms with Crippen LogP contribution >= 0.6 is 0 Å². The van der Waals surface area contributed by atoms with Crippen LogP contribution in [0, 0.1) is 5.82 Å². The fourth-order valence-electron chi connectivity index (χ4n) is 1.12. The van der Waals surface area contributed by atoms with Crippen molar-refractivity contribution in [3.05, 3.63) is 36.3 Å². The number of nitrogen functional groups attached to an aromatic ring is 1. The van der Waals surface area contributed by atoms with Gasteiger partial charge in [-0.2, -0.15) is 0 Å². The quantitative estimate of drug-likeness (QED) is 0.643. The van der Waals surface area contributed by atoms with E-state index in [2.05, 4.69) is 4.98 Å². The maximum absolute atomic E-state index is 13.2. The molecule has 2 nitrogen and oxygen atoms in total. The summed E-state index contributed by atoms with van der Waals surface area (Å²) in [7, 11) is 0. The van der Waals surface area contributed by atoms with Crippen molar-refractivity contribution in [1.82, 2.24) is 4.98 Å². The third kappa shape index (κ3) is 0.906. The first-order chi connectivity index (χ1) is 5.79. The van der Waals surface area contributed by atoms with Gasteiger partial charge in [-0.15, -0.1) is 0 Å².